The number of nitrogens with two attached hydrogens (primary N) is 1. The monoisotopic (exact) mass is 397 g/mol. The molecule has 28 heavy (non-hydrogen) atoms. The topological polar surface area (TPSA) is 76.6 Å². The normalized spacial score (nSPS) is 15.0. The first-order chi connectivity index (χ1) is 13.2. The minimum absolute atomic E-state index is 0.0147. The van der Waals surface area contributed by atoms with Gasteiger partial charge in [-0.05, 0) is 13.0 Å². The average molecular weight is 397 g/mol. The van der Waals surface area contributed by atoms with Crippen LogP contribution in [0.1, 0.15) is 6.92 Å². The molecule has 2 aromatic rings. The second kappa shape index (κ2) is 7.61. The molecule has 3 rings (SSSR count). The SMILES string of the molecule is CCOc1cc(N2CCN(C(=O)C(F)(F)F)CC2)c(-c2cnn(C)c2)cc1N. The Balaban J connectivity index is 1.90. The molecule has 0 bridgehead atoms. The quantitative estimate of drug-likeness (QED) is 0.801. The molecule has 0 atom stereocenters. The van der Waals surface area contributed by atoms with Crippen molar-refractivity contribution in [3.05, 3.63) is 24.5 Å². The van der Waals surface area contributed by atoms with E-state index in [1.54, 1.807) is 30.1 Å². The fraction of sp³-hybridized carbons (Fsp3) is 0.444. The van der Waals surface area contributed by atoms with E-state index < -0.39 is 12.1 Å². The first-order valence-electron chi connectivity index (χ1n) is 8.87. The highest BCUT2D eigenvalue weighted by Crippen LogP contribution is 2.38. The standard InChI is InChI=1S/C18H22F3N5O2/c1-3-28-16-9-15(13(8-14(16)22)12-10-23-24(2)11-12)25-4-6-26(7-5-25)17(27)18(19,20)21/h8-11H,3-7,22H2,1-2H3. The number of alkyl halides is 3. The maximum Gasteiger partial charge on any atom is 0.471 e. The van der Waals surface area contributed by atoms with Gasteiger partial charge in [0.05, 0.1) is 18.5 Å². The van der Waals surface area contributed by atoms with Gasteiger partial charge >= 0.3 is 12.1 Å². The lowest BCUT2D eigenvalue weighted by Crippen LogP contribution is -2.52. The molecule has 0 radical (unpaired) electrons. The largest absolute Gasteiger partial charge is 0.492 e. The molecule has 0 saturated carbocycles. The lowest BCUT2D eigenvalue weighted by atomic mass is 10.0. The predicted molar refractivity (Wildman–Crippen MR) is 99.1 cm³/mol. The van der Waals surface area contributed by atoms with Crippen molar-refractivity contribution < 1.29 is 22.7 Å². The van der Waals surface area contributed by atoms with Crippen LogP contribution in [-0.2, 0) is 11.8 Å². The van der Waals surface area contributed by atoms with Gasteiger partial charge in [-0.1, -0.05) is 0 Å². The molecule has 0 spiro atoms. The number of nitrogens with zero attached hydrogens (tertiary/aromatic N) is 4. The van der Waals surface area contributed by atoms with Gasteiger partial charge in [0.15, 0.2) is 0 Å². The smallest absolute Gasteiger partial charge is 0.471 e. The van der Waals surface area contributed by atoms with Crippen LogP contribution in [0.25, 0.3) is 11.1 Å². The Hall–Kier alpha value is -2.91. The summed E-state index contributed by atoms with van der Waals surface area (Å²) in [6.45, 7) is 2.78. The van der Waals surface area contributed by atoms with Crippen molar-refractivity contribution in [1.82, 2.24) is 14.7 Å². The van der Waals surface area contributed by atoms with Crippen molar-refractivity contribution in [3.63, 3.8) is 0 Å². The number of ether oxygens (including phenoxy) is 1. The first-order valence-corrected chi connectivity index (χ1v) is 8.87. The number of piperazine rings is 1. The molecule has 1 aromatic carbocycles. The van der Waals surface area contributed by atoms with E-state index in [9.17, 15) is 18.0 Å². The van der Waals surface area contributed by atoms with Crippen LogP contribution in [0.2, 0.25) is 0 Å². The van der Waals surface area contributed by atoms with Crippen molar-refractivity contribution in [1.29, 1.82) is 0 Å². The van der Waals surface area contributed by atoms with Crippen molar-refractivity contribution in [2.24, 2.45) is 7.05 Å². The van der Waals surface area contributed by atoms with Crippen LogP contribution in [-0.4, -0.2) is 59.5 Å². The minimum Gasteiger partial charge on any atom is -0.492 e. The van der Waals surface area contributed by atoms with Crippen molar-refractivity contribution in [2.75, 3.05) is 43.4 Å². The summed E-state index contributed by atoms with van der Waals surface area (Å²) in [5.74, 6) is -1.29. The maximum atomic E-state index is 12.7. The van der Waals surface area contributed by atoms with Gasteiger partial charge < -0.3 is 20.3 Å². The Morgan fingerprint density at radius 2 is 1.93 bits per heavy atom. The second-order valence-corrected chi connectivity index (χ2v) is 6.52. The number of amides is 1. The molecule has 2 heterocycles. The predicted octanol–water partition coefficient (Wildman–Crippen LogP) is 2.28. The number of aryl methyl sites for hydroxylation is 1. The molecule has 1 aliphatic rings. The van der Waals surface area contributed by atoms with Gasteiger partial charge in [0.25, 0.3) is 0 Å². The highest BCUT2D eigenvalue weighted by atomic mass is 19.4. The molecule has 10 heteroatoms. The van der Waals surface area contributed by atoms with E-state index in [0.717, 1.165) is 21.7 Å². The zero-order valence-electron chi connectivity index (χ0n) is 15.7. The Morgan fingerprint density at radius 3 is 2.46 bits per heavy atom. The average Bonchev–Trinajstić information content (AvgIpc) is 3.08. The van der Waals surface area contributed by atoms with Crippen LogP contribution in [0, 0.1) is 0 Å². The summed E-state index contributed by atoms with van der Waals surface area (Å²) in [4.78, 5) is 14.2. The molecule has 2 N–H and O–H groups in total. The van der Waals surface area contributed by atoms with Gasteiger partial charge in [0.1, 0.15) is 5.75 Å². The van der Waals surface area contributed by atoms with E-state index >= 15 is 0 Å². The molecule has 1 fully saturated rings. The fourth-order valence-corrected chi connectivity index (χ4v) is 3.25. The summed E-state index contributed by atoms with van der Waals surface area (Å²) < 4.78 is 45.3. The summed E-state index contributed by atoms with van der Waals surface area (Å²) in [5, 5.41) is 4.18. The number of nitrogen functional groups attached to an aromatic ring is 1. The third-order valence-electron chi connectivity index (χ3n) is 4.59. The Labute approximate surface area is 160 Å². The van der Waals surface area contributed by atoms with E-state index in [1.165, 1.54) is 0 Å². The lowest BCUT2D eigenvalue weighted by molar-refractivity contribution is -0.185. The molecule has 1 amide bonds. The number of aromatic nitrogens is 2. The van der Waals surface area contributed by atoms with Crippen LogP contribution in [0.15, 0.2) is 24.5 Å². The van der Waals surface area contributed by atoms with E-state index in [2.05, 4.69) is 5.10 Å². The molecule has 1 aromatic heterocycles. The van der Waals surface area contributed by atoms with E-state index in [0.29, 0.717) is 18.0 Å². The molecular formula is C18H22F3N5O2. The summed E-state index contributed by atoms with van der Waals surface area (Å²) in [7, 11) is 1.79. The van der Waals surface area contributed by atoms with Gasteiger partial charge in [0.2, 0.25) is 0 Å². The van der Waals surface area contributed by atoms with Gasteiger partial charge in [-0.2, -0.15) is 18.3 Å². The Morgan fingerprint density at radius 1 is 1.25 bits per heavy atom. The molecule has 0 aliphatic carbocycles. The zero-order valence-corrected chi connectivity index (χ0v) is 15.7. The molecule has 7 nitrogen and oxygen atoms in total. The summed E-state index contributed by atoms with van der Waals surface area (Å²) >= 11 is 0. The Kier molecular flexibility index (Phi) is 5.39. The van der Waals surface area contributed by atoms with Gasteiger partial charge in [-0.3, -0.25) is 9.48 Å². The number of hydrogen-bond donors (Lipinski definition) is 1. The number of benzene rings is 1. The van der Waals surface area contributed by atoms with Crippen LogP contribution in [0.3, 0.4) is 0 Å². The third kappa shape index (κ3) is 4.00. The zero-order chi connectivity index (χ0) is 20.5. The van der Waals surface area contributed by atoms with Crippen LogP contribution < -0.4 is 15.4 Å². The number of rotatable bonds is 4. The molecule has 152 valence electrons. The molecule has 1 aliphatic heterocycles. The van der Waals surface area contributed by atoms with Crippen molar-refractivity contribution in [3.8, 4) is 16.9 Å². The van der Waals surface area contributed by atoms with E-state index in [-0.39, 0.29) is 26.2 Å². The number of carbonyl (C=O) groups excluding carboxylic acids is 1. The summed E-state index contributed by atoms with van der Waals surface area (Å²) in [6, 6.07) is 3.58. The molecule has 0 unspecified atom stereocenters. The maximum absolute atomic E-state index is 12.7. The Bertz CT molecular complexity index is 857. The van der Waals surface area contributed by atoms with Crippen LogP contribution in [0.4, 0.5) is 24.5 Å². The van der Waals surface area contributed by atoms with Crippen LogP contribution >= 0.6 is 0 Å². The van der Waals surface area contributed by atoms with E-state index in [1.807, 2.05) is 18.0 Å². The van der Waals surface area contributed by atoms with Gasteiger partial charge in [-0.15, -0.1) is 0 Å². The fourth-order valence-electron chi connectivity index (χ4n) is 3.25. The first kappa shape index (κ1) is 19.8. The highest BCUT2D eigenvalue weighted by molar-refractivity contribution is 5.85. The van der Waals surface area contributed by atoms with Gasteiger partial charge in [-0.25, -0.2) is 0 Å². The number of carbonyl (C=O) groups is 1. The number of halogens is 3. The molecular weight excluding hydrogens is 375 g/mol. The van der Waals surface area contributed by atoms with Crippen LogP contribution in [0.5, 0.6) is 5.75 Å². The third-order valence-corrected chi connectivity index (χ3v) is 4.59. The van der Waals surface area contributed by atoms with Gasteiger partial charge in [0, 0.05) is 62.3 Å². The lowest BCUT2D eigenvalue weighted by Gasteiger charge is -2.37. The van der Waals surface area contributed by atoms with Crippen molar-refractivity contribution in [2.45, 2.75) is 13.1 Å². The second-order valence-electron chi connectivity index (χ2n) is 6.52. The summed E-state index contributed by atoms with van der Waals surface area (Å²) in [6.07, 6.45) is -1.32. The van der Waals surface area contributed by atoms with E-state index in [4.69, 9.17) is 10.5 Å². The minimum atomic E-state index is -4.85. The van der Waals surface area contributed by atoms with Crippen molar-refractivity contribution >= 4 is 17.3 Å². The number of anilines is 2. The number of hydrogen-bond acceptors (Lipinski definition) is 5. The molecule has 1 saturated heterocycles. The highest BCUT2D eigenvalue weighted by Gasteiger charge is 2.43. The summed E-state index contributed by atoms with van der Waals surface area (Å²) in [5.41, 5.74) is 9.01.